The van der Waals surface area contributed by atoms with Crippen LogP contribution >= 0.6 is 27.7 Å². The van der Waals surface area contributed by atoms with E-state index in [1.165, 1.54) is 11.8 Å². The molecule has 1 N–H and O–H groups in total. The molecule has 0 spiro atoms. The number of benzene rings is 2. The number of aromatic hydroxyl groups is 1. The summed E-state index contributed by atoms with van der Waals surface area (Å²) in [4.78, 5) is 14.6. The van der Waals surface area contributed by atoms with Crippen molar-refractivity contribution in [3.8, 4) is 22.8 Å². The van der Waals surface area contributed by atoms with Gasteiger partial charge in [-0.15, -0.1) is 10.2 Å². The van der Waals surface area contributed by atoms with E-state index in [0.29, 0.717) is 28.2 Å². The Bertz CT molecular complexity index is 1030. The lowest BCUT2D eigenvalue weighted by Gasteiger charge is -2.30. The molecule has 30 heavy (non-hydrogen) atoms. The van der Waals surface area contributed by atoms with Gasteiger partial charge in [-0.05, 0) is 49.1 Å². The standard InChI is InChI=1S/C22H23BrN4O2S/c1-15-9-11-26(12-10-15)20(29)14-30-22-25-24-21(18-13-16(23)7-8-19(18)28)27(22)17-5-3-2-4-6-17/h2-8,13,15,28H,9-12,14H2,1H3. The highest BCUT2D eigenvalue weighted by Crippen LogP contribution is 2.34. The zero-order valence-electron chi connectivity index (χ0n) is 16.7. The number of likely N-dealkylation sites (tertiary alicyclic amines) is 1. The van der Waals surface area contributed by atoms with Gasteiger partial charge in [0, 0.05) is 23.2 Å². The number of nitrogens with zero attached hydrogens (tertiary/aromatic N) is 4. The summed E-state index contributed by atoms with van der Waals surface area (Å²) in [7, 11) is 0. The second kappa shape index (κ2) is 9.22. The average molecular weight is 487 g/mol. The van der Waals surface area contributed by atoms with Gasteiger partial charge in [-0.3, -0.25) is 9.36 Å². The Labute approximate surface area is 188 Å². The second-order valence-electron chi connectivity index (χ2n) is 7.49. The molecule has 3 aromatic rings. The topological polar surface area (TPSA) is 71.2 Å². The van der Waals surface area contributed by atoms with Crippen molar-refractivity contribution in [2.75, 3.05) is 18.8 Å². The second-order valence-corrected chi connectivity index (χ2v) is 9.35. The third kappa shape index (κ3) is 4.54. The largest absolute Gasteiger partial charge is 0.507 e. The van der Waals surface area contributed by atoms with Crippen LogP contribution in [0.25, 0.3) is 17.1 Å². The molecule has 0 unspecified atom stereocenters. The normalized spacial score (nSPS) is 14.8. The molecule has 2 heterocycles. The molecular formula is C22H23BrN4O2S. The predicted octanol–water partition coefficient (Wildman–Crippen LogP) is 4.75. The number of aromatic nitrogens is 3. The van der Waals surface area contributed by atoms with E-state index >= 15 is 0 Å². The molecule has 1 aliphatic heterocycles. The Balaban J connectivity index is 1.63. The summed E-state index contributed by atoms with van der Waals surface area (Å²) in [6.45, 7) is 3.88. The minimum Gasteiger partial charge on any atom is -0.507 e. The number of phenols is 1. The summed E-state index contributed by atoms with van der Waals surface area (Å²) >= 11 is 4.83. The number of rotatable bonds is 5. The van der Waals surface area contributed by atoms with E-state index in [-0.39, 0.29) is 11.7 Å². The summed E-state index contributed by atoms with van der Waals surface area (Å²) in [6.07, 6.45) is 2.12. The van der Waals surface area contributed by atoms with Crippen molar-refractivity contribution >= 4 is 33.6 Å². The number of halogens is 1. The van der Waals surface area contributed by atoms with E-state index in [0.717, 1.165) is 36.1 Å². The van der Waals surface area contributed by atoms with Crippen LogP contribution in [0.5, 0.6) is 5.75 Å². The minimum absolute atomic E-state index is 0.123. The third-order valence-corrected chi connectivity index (χ3v) is 6.72. The summed E-state index contributed by atoms with van der Waals surface area (Å²) in [5.74, 6) is 1.77. The van der Waals surface area contributed by atoms with Crippen LogP contribution in [-0.4, -0.2) is 49.5 Å². The lowest BCUT2D eigenvalue weighted by molar-refractivity contribution is -0.129. The first-order valence-electron chi connectivity index (χ1n) is 9.93. The van der Waals surface area contributed by atoms with Crippen LogP contribution in [0.2, 0.25) is 0 Å². The number of hydrogen-bond donors (Lipinski definition) is 1. The molecule has 4 rings (SSSR count). The van der Waals surface area contributed by atoms with Crippen molar-refractivity contribution in [2.45, 2.75) is 24.9 Å². The Morgan fingerprint density at radius 1 is 1.17 bits per heavy atom. The van der Waals surface area contributed by atoms with Gasteiger partial charge in [0.25, 0.3) is 0 Å². The highest BCUT2D eigenvalue weighted by atomic mass is 79.9. The summed E-state index contributed by atoms with van der Waals surface area (Å²) in [5.41, 5.74) is 1.45. The van der Waals surface area contributed by atoms with E-state index in [1.54, 1.807) is 12.1 Å². The van der Waals surface area contributed by atoms with Crippen molar-refractivity contribution in [2.24, 2.45) is 5.92 Å². The Kier molecular flexibility index (Phi) is 6.43. The van der Waals surface area contributed by atoms with Gasteiger partial charge in [-0.2, -0.15) is 0 Å². The van der Waals surface area contributed by atoms with Crippen molar-refractivity contribution in [3.63, 3.8) is 0 Å². The molecule has 1 aromatic heterocycles. The van der Waals surface area contributed by atoms with Crippen LogP contribution in [0.3, 0.4) is 0 Å². The summed E-state index contributed by atoms with van der Waals surface area (Å²) < 4.78 is 2.72. The van der Waals surface area contributed by atoms with Gasteiger partial charge in [-0.25, -0.2) is 0 Å². The van der Waals surface area contributed by atoms with Crippen LogP contribution in [-0.2, 0) is 4.79 Å². The molecule has 156 valence electrons. The monoisotopic (exact) mass is 486 g/mol. The quantitative estimate of drug-likeness (QED) is 0.526. The lowest BCUT2D eigenvalue weighted by Crippen LogP contribution is -2.38. The smallest absolute Gasteiger partial charge is 0.233 e. The third-order valence-electron chi connectivity index (χ3n) is 5.31. The first-order chi connectivity index (χ1) is 14.5. The number of carbonyl (C=O) groups is 1. The number of para-hydroxylation sites is 1. The first-order valence-corrected chi connectivity index (χ1v) is 11.7. The maximum atomic E-state index is 12.7. The molecule has 0 saturated carbocycles. The van der Waals surface area contributed by atoms with Crippen LogP contribution in [0, 0.1) is 5.92 Å². The molecule has 1 saturated heterocycles. The molecule has 0 atom stereocenters. The molecule has 0 bridgehead atoms. The fourth-order valence-corrected chi connectivity index (χ4v) is 4.73. The predicted molar refractivity (Wildman–Crippen MR) is 122 cm³/mol. The number of hydrogen-bond acceptors (Lipinski definition) is 5. The van der Waals surface area contributed by atoms with E-state index in [1.807, 2.05) is 45.9 Å². The zero-order chi connectivity index (χ0) is 21.1. The summed E-state index contributed by atoms with van der Waals surface area (Å²) in [5, 5.41) is 19.7. The maximum absolute atomic E-state index is 12.7. The number of phenolic OH excluding ortho intramolecular Hbond substituents is 1. The van der Waals surface area contributed by atoms with E-state index in [4.69, 9.17) is 0 Å². The molecule has 1 fully saturated rings. The maximum Gasteiger partial charge on any atom is 0.233 e. The van der Waals surface area contributed by atoms with Crippen molar-refractivity contribution in [1.82, 2.24) is 19.7 Å². The van der Waals surface area contributed by atoms with Gasteiger partial charge in [0.2, 0.25) is 5.91 Å². The number of carbonyl (C=O) groups excluding carboxylic acids is 1. The highest BCUT2D eigenvalue weighted by molar-refractivity contribution is 9.10. The summed E-state index contributed by atoms with van der Waals surface area (Å²) in [6, 6.07) is 14.9. The van der Waals surface area contributed by atoms with Crippen molar-refractivity contribution in [1.29, 1.82) is 0 Å². The van der Waals surface area contributed by atoms with E-state index < -0.39 is 0 Å². The number of thioether (sulfide) groups is 1. The van der Waals surface area contributed by atoms with Gasteiger partial charge in [0.05, 0.1) is 11.3 Å². The lowest BCUT2D eigenvalue weighted by atomic mass is 9.99. The Hall–Kier alpha value is -2.32. The molecule has 2 aromatic carbocycles. The zero-order valence-corrected chi connectivity index (χ0v) is 19.1. The van der Waals surface area contributed by atoms with Gasteiger partial charge in [-0.1, -0.05) is 52.8 Å². The van der Waals surface area contributed by atoms with E-state index in [2.05, 4.69) is 33.1 Å². The Morgan fingerprint density at radius 3 is 2.63 bits per heavy atom. The van der Waals surface area contributed by atoms with Gasteiger partial charge in [0.1, 0.15) is 5.75 Å². The van der Waals surface area contributed by atoms with Crippen molar-refractivity contribution < 1.29 is 9.90 Å². The Morgan fingerprint density at radius 2 is 1.90 bits per heavy atom. The molecule has 0 aliphatic carbocycles. The van der Waals surface area contributed by atoms with Gasteiger partial charge < -0.3 is 10.0 Å². The van der Waals surface area contributed by atoms with Crippen LogP contribution < -0.4 is 0 Å². The van der Waals surface area contributed by atoms with Crippen molar-refractivity contribution in [3.05, 3.63) is 53.0 Å². The molecule has 0 radical (unpaired) electrons. The SMILES string of the molecule is CC1CCN(C(=O)CSc2nnc(-c3cc(Br)ccc3O)n2-c2ccccc2)CC1. The molecule has 1 amide bonds. The first kappa shape index (κ1) is 20.9. The molecule has 1 aliphatic rings. The molecular weight excluding hydrogens is 464 g/mol. The van der Waals surface area contributed by atoms with Crippen LogP contribution in [0.1, 0.15) is 19.8 Å². The molecule has 8 heteroatoms. The van der Waals surface area contributed by atoms with Crippen LogP contribution in [0.4, 0.5) is 0 Å². The van der Waals surface area contributed by atoms with Gasteiger partial charge in [0.15, 0.2) is 11.0 Å². The number of piperidine rings is 1. The fourth-order valence-electron chi connectivity index (χ4n) is 3.51. The molecule has 6 nitrogen and oxygen atoms in total. The number of amides is 1. The van der Waals surface area contributed by atoms with E-state index in [9.17, 15) is 9.90 Å². The minimum atomic E-state index is 0.123. The van der Waals surface area contributed by atoms with Crippen LogP contribution in [0.15, 0.2) is 58.2 Å². The van der Waals surface area contributed by atoms with Gasteiger partial charge >= 0.3 is 0 Å². The highest BCUT2D eigenvalue weighted by Gasteiger charge is 2.23. The fraction of sp³-hybridized carbons (Fsp3) is 0.318. The average Bonchev–Trinajstić information content (AvgIpc) is 3.18.